The first-order chi connectivity index (χ1) is 10.5. The maximum atomic E-state index is 12.6. The highest BCUT2D eigenvalue weighted by Crippen LogP contribution is 2.42. The maximum Gasteiger partial charge on any atom is 0.573 e. The molecule has 0 heterocycles. The molecule has 2 nitrogen and oxygen atoms in total. The van der Waals surface area contributed by atoms with E-state index in [2.05, 4.69) is 4.74 Å². The van der Waals surface area contributed by atoms with E-state index in [0.29, 0.717) is 10.9 Å². The van der Waals surface area contributed by atoms with Gasteiger partial charge in [0.05, 0.1) is 0 Å². The molecule has 0 spiro atoms. The first-order valence-electron chi connectivity index (χ1n) is 6.51. The van der Waals surface area contributed by atoms with Gasteiger partial charge in [0.15, 0.2) is 0 Å². The second kappa shape index (κ2) is 5.26. The summed E-state index contributed by atoms with van der Waals surface area (Å²) in [4.78, 5) is 0. The van der Waals surface area contributed by atoms with Gasteiger partial charge < -0.3 is 9.84 Å². The fourth-order valence-electron chi connectivity index (χ4n) is 2.43. The summed E-state index contributed by atoms with van der Waals surface area (Å²) in [6.07, 6.45) is -4.80. The lowest BCUT2D eigenvalue weighted by atomic mass is 9.96. The number of phenolic OH excluding ortho intramolecular Hbond substituents is 1. The molecule has 0 aliphatic carbocycles. The molecular weight excluding hydrogens is 293 g/mol. The molecule has 1 N–H and O–H groups in total. The Morgan fingerprint density at radius 1 is 0.818 bits per heavy atom. The van der Waals surface area contributed by atoms with Gasteiger partial charge in [-0.2, -0.15) is 0 Å². The van der Waals surface area contributed by atoms with Crippen LogP contribution in [0.25, 0.3) is 21.9 Å². The predicted molar refractivity (Wildman–Crippen MR) is 77.7 cm³/mol. The second-order valence-electron chi connectivity index (χ2n) is 4.72. The molecule has 0 radical (unpaired) electrons. The van der Waals surface area contributed by atoms with Crippen LogP contribution in [0, 0.1) is 0 Å². The van der Waals surface area contributed by atoms with E-state index >= 15 is 0 Å². The first kappa shape index (κ1) is 14.3. The summed E-state index contributed by atoms with van der Waals surface area (Å²) in [5, 5.41) is 11.6. The standard InChI is InChI=1S/C17H11F3O2/c18-17(19,20)22-15-8-4-3-7-13(15)16-12-6-2-1-5-11(12)9-10-14(16)21/h1-10,21H. The minimum atomic E-state index is -4.80. The van der Waals surface area contributed by atoms with Crippen molar-refractivity contribution < 1.29 is 23.0 Å². The van der Waals surface area contributed by atoms with E-state index in [1.807, 2.05) is 12.1 Å². The fourth-order valence-corrected chi connectivity index (χ4v) is 2.43. The molecule has 0 aliphatic rings. The van der Waals surface area contributed by atoms with Crippen molar-refractivity contribution in [3.05, 3.63) is 60.7 Å². The summed E-state index contributed by atoms with van der Waals surface area (Å²) in [7, 11) is 0. The van der Waals surface area contributed by atoms with E-state index in [1.54, 1.807) is 24.3 Å². The third-order valence-corrected chi connectivity index (χ3v) is 3.29. The van der Waals surface area contributed by atoms with E-state index < -0.39 is 6.36 Å². The average molecular weight is 304 g/mol. The Bertz CT molecular complexity index is 825. The smallest absolute Gasteiger partial charge is 0.507 e. The number of hydrogen-bond acceptors (Lipinski definition) is 2. The number of para-hydroxylation sites is 1. The van der Waals surface area contributed by atoms with Gasteiger partial charge in [-0.1, -0.05) is 48.5 Å². The molecule has 0 bridgehead atoms. The zero-order valence-electron chi connectivity index (χ0n) is 11.3. The van der Waals surface area contributed by atoms with Crippen LogP contribution in [-0.4, -0.2) is 11.5 Å². The molecule has 0 aliphatic heterocycles. The van der Waals surface area contributed by atoms with Crippen LogP contribution in [-0.2, 0) is 0 Å². The van der Waals surface area contributed by atoms with Crippen molar-refractivity contribution >= 4 is 10.8 Å². The summed E-state index contributed by atoms with van der Waals surface area (Å²) in [5.41, 5.74) is 0.507. The van der Waals surface area contributed by atoms with Crippen molar-refractivity contribution in [1.29, 1.82) is 0 Å². The Kier molecular flexibility index (Phi) is 3.41. The number of alkyl halides is 3. The first-order valence-corrected chi connectivity index (χ1v) is 6.51. The largest absolute Gasteiger partial charge is 0.573 e. The van der Waals surface area contributed by atoms with Crippen LogP contribution in [0.1, 0.15) is 0 Å². The Morgan fingerprint density at radius 3 is 2.27 bits per heavy atom. The fraction of sp³-hybridized carbons (Fsp3) is 0.0588. The Hall–Kier alpha value is -2.69. The number of hydrogen-bond donors (Lipinski definition) is 1. The minimum absolute atomic E-state index is 0.100. The van der Waals surface area contributed by atoms with Crippen LogP contribution < -0.4 is 4.74 Å². The molecule has 112 valence electrons. The van der Waals surface area contributed by atoms with Crippen molar-refractivity contribution in [2.45, 2.75) is 6.36 Å². The van der Waals surface area contributed by atoms with Gasteiger partial charge in [0, 0.05) is 11.1 Å². The molecule has 0 aromatic heterocycles. The molecule has 0 atom stereocenters. The van der Waals surface area contributed by atoms with Crippen molar-refractivity contribution in [1.82, 2.24) is 0 Å². The van der Waals surface area contributed by atoms with Gasteiger partial charge in [-0.25, -0.2) is 0 Å². The Labute approximate surface area is 124 Å². The maximum absolute atomic E-state index is 12.6. The monoisotopic (exact) mass is 304 g/mol. The lowest BCUT2D eigenvalue weighted by Crippen LogP contribution is -2.17. The summed E-state index contributed by atoms with van der Waals surface area (Å²) in [6.45, 7) is 0. The van der Waals surface area contributed by atoms with Crippen molar-refractivity contribution in [3.8, 4) is 22.6 Å². The Balaban J connectivity index is 2.26. The number of phenols is 1. The highest BCUT2D eigenvalue weighted by Gasteiger charge is 2.32. The number of benzene rings is 3. The van der Waals surface area contributed by atoms with Gasteiger partial charge in [0.1, 0.15) is 11.5 Å². The molecular formula is C17H11F3O2. The van der Waals surface area contributed by atoms with E-state index in [1.165, 1.54) is 24.3 Å². The van der Waals surface area contributed by atoms with Gasteiger partial charge in [0.2, 0.25) is 0 Å². The second-order valence-corrected chi connectivity index (χ2v) is 4.72. The highest BCUT2D eigenvalue weighted by molar-refractivity contribution is 6.00. The van der Waals surface area contributed by atoms with E-state index in [9.17, 15) is 18.3 Å². The normalized spacial score (nSPS) is 11.6. The SMILES string of the molecule is Oc1ccc2ccccc2c1-c1ccccc1OC(F)(F)F. The van der Waals surface area contributed by atoms with E-state index in [-0.39, 0.29) is 17.1 Å². The third-order valence-electron chi connectivity index (χ3n) is 3.29. The highest BCUT2D eigenvalue weighted by atomic mass is 19.4. The zero-order valence-corrected chi connectivity index (χ0v) is 11.3. The van der Waals surface area contributed by atoms with Crippen molar-refractivity contribution in [2.75, 3.05) is 0 Å². The van der Waals surface area contributed by atoms with E-state index in [0.717, 1.165) is 5.39 Å². The van der Waals surface area contributed by atoms with Crippen LogP contribution in [0.15, 0.2) is 60.7 Å². The molecule has 0 unspecified atom stereocenters. The molecule has 5 heteroatoms. The number of ether oxygens (including phenoxy) is 1. The minimum Gasteiger partial charge on any atom is -0.507 e. The lowest BCUT2D eigenvalue weighted by molar-refractivity contribution is -0.274. The summed E-state index contributed by atoms with van der Waals surface area (Å²) >= 11 is 0. The molecule has 0 fully saturated rings. The summed E-state index contributed by atoms with van der Waals surface area (Å²) in [6, 6.07) is 16.1. The van der Waals surface area contributed by atoms with Crippen LogP contribution >= 0.6 is 0 Å². The molecule has 3 aromatic carbocycles. The number of fused-ring (bicyclic) bond motifs is 1. The summed E-state index contributed by atoms with van der Waals surface area (Å²) < 4.78 is 41.8. The summed E-state index contributed by atoms with van der Waals surface area (Å²) in [5.74, 6) is -0.446. The van der Waals surface area contributed by atoms with E-state index in [4.69, 9.17) is 0 Å². The van der Waals surface area contributed by atoms with Crippen LogP contribution in [0.2, 0.25) is 0 Å². The number of aromatic hydroxyl groups is 1. The molecule has 0 saturated heterocycles. The lowest BCUT2D eigenvalue weighted by Gasteiger charge is -2.15. The van der Waals surface area contributed by atoms with Crippen LogP contribution in [0.3, 0.4) is 0 Å². The average Bonchev–Trinajstić information content (AvgIpc) is 2.47. The number of rotatable bonds is 2. The molecule has 0 amide bonds. The molecule has 22 heavy (non-hydrogen) atoms. The van der Waals surface area contributed by atoms with Crippen LogP contribution in [0.4, 0.5) is 13.2 Å². The van der Waals surface area contributed by atoms with Crippen LogP contribution in [0.5, 0.6) is 11.5 Å². The van der Waals surface area contributed by atoms with Gasteiger partial charge in [-0.05, 0) is 22.9 Å². The quantitative estimate of drug-likeness (QED) is 0.713. The van der Waals surface area contributed by atoms with Gasteiger partial charge in [-0.3, -0.25) is 0 Å². The number of halogens is 3. The zero-order chi connectivity index (χ0) is 15.7. The van der Waals surface area contributed by atoms with Gasteiger partial charge >= 0.3 is 6.36 Å². The predicted octanol–water partition coefficient (Wildman–Crippen LogP) is 5.11. The van der Waals surface area contributed by atoms with Crippen molar-refractivity contribution in [3.63, 3.8) is 0 Å². The van der Waals surface area contributed by atoms with Gasteiger partial charge in [0.25, 0.3) is 0 Å². The topological polar surface area (TPSA) is 29.5 Å². The third kappa shape index (κ3) is 2.70. The molecule has 3 rings (SSSR count). The van der Waals surface area contributed by atoms with Gasteiger partial charge in [-0.15, -0.1) is 13.2 Å². The van der Waals surface area contributed by atoms with Crippen molar-refractivity contribution in [2.24, 2.45) is 0 Å². The molecule has 3 aromatic rings. The Morgan fingerprint density at radius 2 is 1.50 bits per heavy atom. The molecule has 0 saturated carbocycles.